The number of benzene rings is 1. The first-order valence-corrected chi connectivity index (χ1v) is 9.19. The summed E-state index contributed by atoms with van der Waals surface area (Å²) in [6, 6.07) is 7.53. The third kappa shape index (κ3) is 3.62. The number of imidazole rings is 1. The number of aliphatic hydroxyl groups is 2. The molecule has 1 unspecified atom stereocenters. The Labute approximate surface area is 166 Å². The summed E-state index contributed by atoms with van der Waals surface area (Å²) in [6.07, 6.45) is -1.34. The predicted octanol–water partition coefficient (Wildman–Crippen LogP) is 0.814. The van der Waals surface area contributed by atoms with Crippen LogP contribution in [0.5, 0.6) is 5.75 Å². The zero-order valence-corrected chi connectivity index (χ0v) is 16.0. The van der Waals surface area contributed by atoms with Crippen LogP contribution in [0.25, 0.3) is 11.2 Å². The molecule has 5 atom stereocenters. The van der Waals surface area contributed by atoms with Crippen molar-refractivity contribution in [3.8, 4) is 5.75 Å². The number of anilines is 1. The summed E-state index contributed by atoms with van der Waals surface area (Å²) in [4.78, 5) is 12.2. The molecule has 3 aromatic rings. The highest BCUT2D eigenvalue weighted by Gasteiger charge is 2.44. The Kier molecular flexibility index (Phi) is 5.33. The van der Waals surface area contributed by atoms with Crippen molar-refractivity contribution < 1.29 is 24.4 Å². The summed E-state index contributed by atoms with van der Waals surface area (Å²) in [5, 5.41) is 20.9. The second-order valence-electron chi connectivity index (χ2n) is 6.88. The zero-order valence-electron chi connectivity index (χ0n) is 16.0. The Morgan fingerprint density at radius 3 is 2.66 bits per heavy atom. The topological polar surface area (TPSA) is 138 Å². The first-order chi connectivity index (χ1) is 14.0. The lowest BCUT2D eigenvalue weighted by Gasteiger charge is -2.19. The summed E-state index contributed by atoms with van der Waals surface area (Å²) in [7, 11) is 1.61. The number of hydrogen-bond donors (Lipinski definition) is 3. The van der Waals surface area contributed by atoms with Crippen molar-refractivity contribution >= 4 is 17.0 Å². The van der Waals surface area contributed by atoms with E-state index in [0.29, 0.717) is 11.2 Å². The lowest BCUT2D eigenvalue weighted by atomic mass is 10.1. The minimum atomic E-state index is -1.17. The summed E-state index contributed by atoms with van der Waals surface area (Å²) >= 11 is 0. The first kappa shape index (κ1) is 19.5. The van der Waals surface area contributed by atoms with Crippen LogP contribution < -0.4 is 10.5 Å². The maximum atomic E-state index is 10.5. The van der Waals surface area contributed by atoms with Gasteiger partial charge in [-0.05, 0) is 24.6 Å². The second kappa shape index (κ2) is 7.91. The molecule has 0 radical (unpaired) electrons. The Morgan fingerprint density at radius 2 is 1.93 bits per heavy atom. The fraction of sp³-hybridized carbons (Fsp3) is 0.421. The van der Waals surface area contributed by atoms with Gasteiger partial charge < -0.3 is 30.2 Å². The van der Waals surface area contributed by atoms with Crippen molar-refractivity contribution in [1.82, 2.24) is 19.5 Å². The molecular weight excluding hydrogens is 378 g/mol. The van der Waals surface area contributed by atoms with E-state index in [4.69, 9.17) is 19.9 Å². The molecule has 2 aromatic heterocycles. The van der Waals surface area contributed by atoms with Crippen molar-refractivity contribution in [2.24, 2.45) is 0 Å². The van der Waals surface area contributed by atoms with Crippen LogP contribution in [0.15, 0.2) is 36.9 Å². The van der Waals surface area contributed by atoms with Gasteiger partial charge in [-0.3, -0.25) is 4.57 Å². The maximum Gasteiger partial charge on any atom is 0.167 e. The number of nitrogens with zero attached hydrogens (tertiary/aromatic N) is 4. The monoisotopic (exact) mass is 401 g/mol. The van der Waals surface area contributed by atoms with E-state index in [-0.39, 0.29) is 18.5 Å². The molecule has 4 N–H and O–H groups in total. The van der Waals surface area contributed by atoms with Gasteiger partial charge >= 0.3 is 0 Å². The summed E-state index contributed by atoms with van der Waals surface area (Å²) in [6.45, 7) is 2.01. The second-order valence-corrected chi connectivity index (χ2v) is 6.88. The van der Waals surface area contributed by atoms with E-state index in [1.165, 1.54) is 17.2 Å². The average Bonchev–Trinajstić information content (AvgIpc) is 3.29. The molecule has 0 aliphatic carbocycles. The molecule has 3 heterocycles. The Hall–Kier alpha value is -2.79. The highest BCUT2D eigenvalue weighted by atomic mass is 16.6. The molecule has 0 amide bonds. The molecule has 1 fully saturated rings. The third-order valence-corrected chi connectivity index (χ3v) is 5.09. The molecule has 29 heavy (non-hydrogen) atoms. The highest BCUT2D eigenvalue weighted by molar-refractivity contribution is 5.81. The molecule has 1 aliphatic heterocycles. The van der Waals surface area contributed by atoms with E-state index in [9.17, 15) is 10.2 Å². The van der Waals surface area contributed by atoms with Crippen LogP contribution in [-0.4, -0.2) is 61.8 Å². The molecule has 154 valence electrons. The number of methoxy groups -OCH3 is 1. The van der Waals surface area contributed by atoms with E-state index >= 15 is 0 Å². The van der Waals surface area contributed by atoms with Crippen LogP contribution in [0.1, 0.15) is 24.8 Å². The lowest BCUT2D eigenvalue weighted by molar-refractivity contribution is -0.0788. The largest absolute Gasteiger partial charge is 0.497 e. The van der Waals surface area contributed by atoms with Crippen molar-refractivity contribution in [3.63, 3.8) is 0 Å². The SMILES string of the molecule is COc1ccc(C(C)OC[C@H]2O[C@@H](n3cnc4c(N)ncnc43)[C@H](O)[C@@H]2O)cc1. The molecule has 0 bridgehead atoms. The molecule has 4 rings (SSSR count). The Balaban J connectivity index is 1.45. The van der Waals surface area contributed by atoms with E-state index < -0.39 is 24.5 Å². The predicted molar refractivity (Wildman–Crippen MR) is 103 cm³/mol. The fourth-order valence-electron chi connectivity index (χ4n) is 3.36. The van der Waals surface area contributed by atoms with Gasteiger partial charge in [0.25, 0.3) is 0 Å². The number of aromatic nitrogens is 4. The van der Waals surface area contributed by atoms with Gasteiger partial charge in [0.1, 0.15) is 35.9 Å². The Morgan fingerprint density at radius 1 is 1.17 bits per heavy atom. The number of fused-ring (bicyclic) bond motifs is 1. The molecule has 10 nitrogen and oxygen atoms in total. The van der Waals surface area contributed by atoms with Gasteiger partial charge in [-0.1, -0.05) is 12.1 Å². The van der Waals surface area contributed by atoms with Gasteiger partial charge in [-0.2, -0.15) is 0 Å². The highest BCUT2D eigenvalue weighted by Crippen LogP contribution is 2.33. The van der Waals surface area contributed by atoms with Gasteiger partial charge in [0, 0.05) is 0 Å². The Bertz CT molecular complexity index is 979. The first-order valence-electron chi connectivity index (χ1n) is 9.19. The van der Waals surface area contributed by atoms with Gasteiger partial charge in [-0.15, -0.1) is 0 Å². The summed E-state index contributed by atoms with van der Waals surface area (Å²) < 4.78 is 18.4. The van der Waals surface area contributed by atoms with Crippen LogP contribution in [0.4, 0.5) is 5.82 Å². The third-order valence-electron chi connectivity index (χ3n) is 5.09. The molecule has 10 heteroatoms. The lowest BCUT2D eigenvalue weighted by Crippen LogP contribution is -2.34. The maximum absolute atomic E-state index is 10.5. The number of hydrogen-bond acceptors (Lipinski definition) is 9. The van der Waals surface area contributed by atoms with E-state index in [1.807, 2.05) is 31.2 Å². The van der Waals surface area contributed by atoms with Gasteiger partial charge in [-0.25, -0.2) is 15.0 Å². The molecular formula is C19H23N5O5. The van der Waals surface area contributed by atoms with Crippen LogP contribution >= 0.6 is 0 Å². The van der Waals surface area contributed by atoms with Gasteiger partial charge in [0.15, 0.2) is 17.7 Å². The van der Waals surface area contributed by atoms with Crippen molar-refractivity contribution in [2.75, 3.05) is 19.5 Å². The van der Waals surface area contributed by atoms with E-state index in [2.05, 4.69) is 15.0 Å². The normalized spacial score (nSPS) is 25.4. The zero-order chi connectivity index (χ0) is 20.5. The molecule has 0 spiro atoms. The number of nitrogen functional groups attached to an aromatic ring is 1. The minimum Gasteiger partial charge on any atom is -0.497 e. The minimum absolute atomic E-state index is 0.103. The van der Waals surface area contributed by atoms with Crippen molar-refractivity contribution in [3.05, 3.63) is 42.5 Å². The van der Waals surface area contributed by atoms with Crippen molar-refractivity contribution in [2.45, 2.75) is 37.6 Å². The summed E-state index contributed by atoms with van der Waals surface area (Å²) in [5.41, 5.74) is 7.59. The van der Waals surface area contributed by atoms with Crippen LogP contribution in [0.2, 0.25) is 0 Å². The van der Waals surface area contributed by atoms with E-state index in [0.717, 1.165) is 11.3 Å². The molecule has 1 aromatic carbocycles. The molecule has 1 aliphatic rings. The van der Waals surface area contributed by atoms with Crippen molar-refractivity contribution in [1.29, 1.82) is 0 Å². The molecule has 1 saturated heterocycles. The van der Waals surface area contributed by atoms with Crippen LogP contribution in [0.3, 0.4) is 0 Å². The fourth-order valence-corrected chi connectivity index (χ4v) is 3.36. The number of aliphatic hydroxyl groups excluding tert-OH is 2. The van der Waals surface area contributed by atoms with Crippen LogP contribution in [-0.2, 0) is 9.47 Å². The standard InChI is InChI=1S/C19H23N5O5/c1-10(11-3-5-12(27-2)6-4-11)28-7-13-15(25)16(26)19(29-13)24-9-23-14-17(20)21-8-22-18(14)24/h3-6,8-10,13,15-16,19,25-26H,7H2,1-2H3,(H2,20,21,22)/t10?,13-,15-,16-,19-/m1/s1. The van der Waals surface area contributed by atoms with E-state index in [1.54, 1.807) is 7.11 Å². The average molecular weight is 401 g/mol. The van der Waals surface area contributed by atoms with Crippen LogP contribution in [0, 0.1) is 0 Å². The number of ether oxygens (including phenoxy) is 3. The molecule has 0 saturated carbocycles. The number of nitrogens with two attached hydrogens (primary N) is 1. The quantitative estimate of drug-likeness (QED) is 0.548. The summed E-state index contributed by atoms with van der Waals surface area (Å²) in [5.74, 6) is 0.994. The van der Waals surface area contributed by atoms with Gasteiger partial charge in [0.05, 0.1) is 26.1 Å². The van der Waals surface area contributed by atoms with Gasteiger partial charge in [0.2, 0.25) is 0 Å². The smallest absolute Gasteiger partial charge is 0.167 e. The number of rotatable bonds is 6.